The highest BCUT2D eigenvalue weighted by molar-refractivity contribution is 7.91. The van der Waals surface area contributed by atoms with Crippen molar-refractivity contribution in [2.24, 2.45) is 5.14 Å². The molecule has 0 fully saturated rings. The standard InChI is InChI=1S/C5H6NO2S2/c1-4-2-5(9-3-4)10(6,7)8/h2-3H,1H2,(H2,6,7,8). The van der Waals surface area contributed by atoms with E-state index in [1.165, 1.54) is 6.07 Å². The molecule has 1 aromatic heterocycles. The molecule has 1 aromatic rings. The molecule has 0 aliphatic rings. The lowest BCUT2D eigenvalue weighted by molar-refractivity contribution is 0.600. The van der Waals surface area contributed by atoms with Crippen molar-refractivity contribution in [1.29, 1.82) is 0 Å². The summed E-state index contributed by atoms with van der Waals surface area (Å²) in [6, 6.07) is 1.44. The molecule has 10 heavy (non-hydrogen) atoms. The molecule has 1 radical (unpaired) electrons. The molecule has 0 unspecified atom stereocenters. The normalized spacial score (nSPS) is 11.8. The van der Waals surface area contributed by atoms with Crippen LogP contribution >= 0.6 is 11.3 Å². The van der Waals surface area contributed by atoms with Gasteiger partial charge in [0.2, 0.25) is 10.0 Å². The first-order valence-electron chi connectivity index (χ1n) is 2.43. The van der Waals surface area contributed by atoms with Gasteiger partial charge in [-0.1, -0.05) is 0 Å². The van der Waals surface area contributed by atoms with Crippen LogP contribution in [0.1, 0.15) is 5.56 Å². The van der Waals surface area contributed by atoms with E-state index in [1.807, 2.05) is 0 Å². The number of nitrogens with two attached hydrogens (primary N) is 1. The average Bonchev–Trinajstić information content (AvgIpc) is 2.11. The van der Waals surface area contributed by atoms with Gasteiger partial charge in [0.25, 0.3) is 0 Å². The minimum atomic E-state index is -3.50. The summed E-state index contributed by atoms with van der Waals surface area (Å²) in [5.41, 5.74) is 0.675. The lowest BCUT2D eigenvalue weighted by Crippen LogP contribution is -2.09. The Bertz CT molecular complexity index is 325. The van der Waals surface area contributed by atoms with E-state index >= 15 is 0 Å². The molecule has 0 aromatic carbocycles. The van der Waals surface area contributed by atoms with Gasteiger partial charge in [-0.15, -0.1) is 11.3 Å². The second-order valence-corrected chi connectivity index (χ2v) is 4.52. The lowest BCUT2D eigenvalue weighted by atomic mass is 10.4. The zero-order chi connectivity index (χ0) is 7.78. The van der Waals surface area contributed by atoms with Crippen LogP contribution < -0.4 is 5.14 Å². The number of hydrogen-bond acceptors (Lipinski definition) is 3. The van der Waals surface area contributed by atoms with Crippen LogP contribution in [0.4, 0.5) is 0 Å². The monoisotopic (exact) mass is 176 g/mol. The predicted octanol–water partition coefficient (Wildman–Crippen LogP) is 0.578. The number of primary sulfonamides is 1. The van der Waals surface area contributed by atoms with E-state index in [-0.39, 0.29) is 4.21 Å². The first kappa shape index (κ1) is 7.71. The van der Waals surface area contributed by atoms with Crippen LogP contribution in [0.15, 0.2) is 15.7 Å². The smallest absolute Gasteiger partial charge is 0.224 e. The van der Waals surface area contributed by atoms with Crippen LogP contribution in [0.3, 0.4) is 0 Å². The van der Waals surface area contributed by atoms with Gasteiger partial charge in [0, 0.05) is 0 Å². The highest BCUT2D eigenvalue weighted by atomic mass is 32.2. The number of thiophene rings is 1. The molecule has 0 aliphatic heterocycles. The van der Waals surface area contributed by atoms with Crippen molar-refractivity contribution < 1.29 is 8.42 Å². The highest BCUT2D eigenvalue weighted by Gasteiger charge is 2.08. The fourth-order valence-electron chi connectivity index (χ4n) is 0.502. The molecule has 0 atom stereocenters. The molecular weight excluding hydrogens is 170 g/mol. The van der Waals surface area contributed by atoms with E-state index in [1.54, 1.807) is 5.38 Å². The quantitative estimate of drug-likeness (QED) is 0.680. The molecule has 55 valence electrons. The van der Waals surface area contributed by atoms with Gasteiger partial charge in [0.05, 0.1) is 0 Å². The van der Waals surface area contributed by atoms with Crippen molar-refractivity contribution in [3.05, 3.63) is 23.9 Å². The molecule has 0 saturated carbocycles. The van der Waals surface area contributed by atoms with Crippen molar-refractivity contribution in [3.8, 4) is 0 Å². The van der Waals surface area contributed by atoms with E-state index < -0.39 is 10.0 Å². The molecule has 0 spiro atoms. The van der Waals surface area contributed by atoms with Crippen LogP contribution in [-0.4, -0.2) is 8.42 Å². The minimum Gasteiger partial charge on any atom is -0.224 e. The van der Waals surface area contributed by atoms with Gasteiger partial charge >= 0.3 is 0 Å². The summed E-state index contributed by atoms with van der Waals surface area (Å²) in [4.78, 5) is 0. The van der Waals surface area contributed by atoms with Crippen LogP contribution in [0.5, 0.6) is 0 Å². The Morgan fingerprint density at radius 2 is 2.20 bits per heavy atom. The van der Waals surface area contributed by atoms with Gasteiger partial charge in [-0.25, -0.2) is 13.6 Å². The molecule has 0 bridgehead atoms. The van der Waals surface area contributed by atoms with Crippen molar-refractivity contribution in [2.75, 3.05) is 0 Å². The second kappa shape index (κ2) is 2.34. The van der Waals surface area contributed by atoms with Crippen LogP contribution in [0.25, 0.3) is 0 Å². The van der Waals surface area contributed by atoms with Gasteiger partial charge in [-0.05, 0) is 23.9 Å². The van der Waals surface area contributed by atoms with E-state index in [4.69, 9.17) is 5.14 Å². The second-order valence-electron chi connectivity index (χ2n) is 1.82. The van der Waals surface area contributed by atoms with Gasteiger partial charge < -0.3 is 0 Å². The largest absolute Gasteiger partial charge is 0.247 e. The summed E-state index contributed by atoms with van der Waals surface area (Å²) in [5.74, 6) is 0. The highest BCUT2D eigenvalue weighted by Crippen LogP contribution is 2.17. The van der Waals surface area contributed by atoms with Gasteiger partial charge in [0.15, 0.2) is 0 Å². The van der Waals surface area contributed by atoms with Crippen molar-refractivity contribution in [3.63, 3.8) is 0 Å². The first-order chi connectivity index (χ1) is 4.50. The third-order valence-corrected chi connectivity index (χ3v) is 3.35. The maximum Gasteiger partial charge on any atom is 0.247 e. The summed E-state index contributed by atoms with van der Waals surface area (Å²) < 4.78 is 21.4. The zero-order valence-electron chi connectivity index (χ0n) is 5.07. The SMILES string of the molecule is [CH2]c1csc(S(N)(=O)=O)c1. The molecular formula is C5H6NO2S2. The van der Waals surface area contributed by atoms with Crippen molar-refractivity contribution >= 4 is 21.4 Å². The molecule has 1 heterocycles. The molecule has 3 nitrogen and oxygen atoms in total. The average molecular weight is 176 g/mol. The zero-order valence-corrected chi connectivity index (χ0v) is 6.71. The molecule has 0 saturated heterocycles. The van der Waals surface area contributed by atoms with Crippen LogP contribution in [0, 0.1) is 6.92 Å². The Labute approximate surface area is 63.5 Å². The lowest BCUT2D eigenvalue weighted by Gasteiger charge is -1.87. The molecule has 1 rings (SSSR count). The molecule has 0 aliphatic carbocycles. The summed E-state index contributed by atoms with van der Waals surface area (Å²) in [6.07, 6.45) is 0. The van der Waals surface area contributed by atoms with Gasteiger partial charge in [0.1, 0.15) is 4.21 Å². The summed E-state index contributed by atoms with van der Waals surface area (Å²) in [7, 11) is -3.50. The molecule has 0 amide bonds. The topological polar surface area (TPSA) is 60.2 Å². The van der Waals surface area contributed by atoms with E-state index in [9.17, 15) is 8.42 Å². The third-order valence-electron chi connectivity index (χ3n) is 0.910. The fraction of sp³-hybridized carbons (Fsp3) is 0. The Morgan fingerprint density at radius 1 is 1.60 bits per heavy atom. The maximum absolute atomic E-state index is 10.6. The summed E-state index contributed by atoms with van der Waals surface area (Å²) in [5, 5.41) is 6.46. The number of sulfonamides is 1. The molecule has 2 N–H and O–H groups in total. The Hall–Kier alpha value is -0.390. The Morgan fingerprint density at radius 3 is 2.40 bits per heavy atom. The predicted molar refractivity (Wildman–Crippen MR) is 40.2 cm³/mol. The van der Waals surface area contributed by atoms with Crippen molar-refractivity contribution in [2.45, 2.75) is 4.21 Å². The van der Waals surface area contributed by atoms with Crippen LogP contribution in [0.2, 0.25) is 0 Å². The van der Waals surface area contributed by atoms with Crippen LogP contribution in [-0.2, 0) is 10.0 Å². The van der Waals surface area contributed by atoms with E-state index in [2.05, 4.69) is 6.92 Å². The Kier molecular flexibility index (Phi) is 1.80. The number of rotatable bonds is 1. The fourth-order valence-corrected chi connectivity index (χ4v) is 2.05. The summed E-state index contributed by atoms with van der Waals surface area (Å²) in [6.45, 7) is 3.55. The maximum atomic E-state index is 10.6. The minimum absolute atomic E-state index is 0.164. The summed E-state index contributed by atoms with van der Waals surface area (Å²) >= 11 is 1.08. The van der Waals surface area contributed by atoms with Gasteiger partial charge in [-0.2, -0.15) is 0 Å². The first-order valence-corrected chi connectivity index (χ1v) is 4.86. The van der Waals surface area contributed by atoms with Crippen molar-refractivity contribution in [1.82, 2.24) is 0 Å². The van der Waals surface area contributed by atoms with E-state index in [0.29, 0.717) is 5.56 Å². The molecule has 5 heteroatoms. The number of hydrogen-bond donors (Lipinski definition) is 1. The van der Waals surface area contributed by atoms with E-state index in [0.717, 1.165) is 11.3 Å². The third kappa shape index (κ3) is 1.56. The van der Waals surface area contributed by atoms with Gasteiger partial charge in [-0.3, -0.25) is 0 Å². The Balaban J connectivity index is 3.21.